The highest BCUT2D eigenvalue weighted by Crippen LogP contribution is 2.33. The van der Waals surface area contributed by atoms with Gasteiger partial charge in [-0.05, 0) is 103 Å². The fourth-order valence-corrected chi connectivity index (χ4v) is 5.75. The van der Waals surface area contributed by atoms with Gasteiger partial charge < -0.3 is 0 Å². The molecule has 2 rings (SSSR count). The first-order chi connectivity index (χ1) is 10.4. The van der Waals surface area contributed by atoms with Crippen molar-refractivity contribution in [2.75, 3.05) is 0 Å². The molecule has 0 aliphatic carbocycles. The quantitative estimate of drug-likeness (QED) is 0.291. The number of carbonyl (C=O) groups is 2. The molecule has 0 aromatic heterocycles. The van der Waals surface area contributed by atoms with Crippen molar-refractivity contribution >= 4 is 100 Å². The van der Waals surface area contributed by atoms with E-state index in [4.69, 9.17) is 23.2 Å². The van der Waals surface area contributed by atoms with Crippen LogP contribution in [0.3, 0.4) is 0 Å². The molecule has 0 fully saturated rings. The molecule has 8 heteroatoms. The van der Waals surface area contributed by atoms with Crippen LogP contribution in [0.25, 0.3) is 0 Å². The van der Waals surface area contributed by atoms with Crippen LogP contribution in [0.15, 0.2) is 36.4 Å². The fourth-order valence-electron chi connectivity index (χ4n) is 1.48. The summed E-state index contributed by atoms with van der Waals surface area (Å²) < 4.78 is 1.52. The maximum atomic E-state index is 12.2. The molecule has 2 aromatic carbocycles. The Hall–Kier alpha value is 0.520. The highest BCUT2D eigenvalue weighted by molar-refractivity contribution is 14.1. The zero-order valence-electron chi connectivity index (χ0n) is 10.6. The Bertz CT molecular complexity index is 690. The van der Waals surface area contributed by atoms with Gasteiger partial charge in [0.15, 0.2) is 0 Å². The second-order valence-electron chi connectivity index (χ2n) is 3.99. The van der Waals surface area contributed by atoms with Gasteiger partial charge in [-0.25, -0.2) is 0 Å². The van der Waals surface area contributed by atoms with Gasteiger partial charge in [-0.15, -0.1) is 0 Å². The first-order valence-electron chi connectivity index (χ1n) is 5.72. The Balaban J connectivity index is 2.06. The van der Waals surface area contributed by atoms with E-state index in [1.54, 1.807) is 36.4 Å². The average Bonchev–Trinajstić information content (AvgIpc) is 2.44. The number of benzene rings is 2. The van der Waals surface area contributed by atoms with E-state index in [0.29, 0.717) is 21.2 Å². The van der Waals surface area contributed by atoms with Gasteiger partial charge in [-0.2, -0.15) is 0 Å². The molecule has 0 saturated carbocycles. The van der Waals surface area contributed by atoms with E-state index in [-0.39, 0.29) is 10.2 Å². The van der Waals surface area contributed by atoms with Gasteiger partial charge in [0.2, 0.25) is 10.2 Å². The lowest BCUT2D eigenvalue weighted by molar-refractivity contribution is 0.107. The minimum absolute atomic E-state index is 0.177. The van der Waals surface area contributed by atoms with Crippen molar-refractivity contribution in [2.45, 2.75) is 0 Å². The van der Waals surface area contributed by atoms with E-state index in [0.717, 1.165) is 28.7 Å². The minimum Gasteiger partial charge on any atom is -0.281 e. The largest absolute Gasteiger partial charge is 0.281 e. The molecular weight excluding hydrogens is 589 g/mol. The molecule has 0 heterocycles. The highest BCUT2D eigenvalue weighted by atomic mass is 127. The molecule has 0 N–H and O–H groups in total. The summed E-state index contributed by atoms with van der Waals surface area (Å²) in [6.07, 6.45) is 0. The molecule has 0 radical (unpaired) electrons. The fraction of sp³-hybridized carbons (Fsp3) is 0. The van der Waals surface area contributed by atoms with E-state index < -0.39 is 0 Å². The van der Waals surface area contributed by atoms with Crippen molar-refractivity contribution in [3.63, 3.8) is 0 Å². The molecule has 2 aromatic rings. The van der Waals surface area contributed by atoms with Crippen molar-refractivity contribution in [1.29, 1.82) is 0 Å². The Morgan fingerprint density at radius 2 is 1.14 bits per heavy atom. The number of halogens is 4. The number of carbonyl (C=O) groups excluding carboxylic acids is 2. The lowest BCUT2D eigenvalue weighted by Gasteiger charge is -2.05. The van der Waals surface area contributed by atoms with Crippen molar-refractivity contribution in [2.24, 2.45) is 0 Å². The van der Waals surface area contributed by atoms with E-state index in [9.17, 15) is 9.59 Å². The summed E-state index contributed by atoms with van der Waals surface area (Å²) in [6, 6.07) is 10.1. The molecule has 0 aliphatic heterocycles. The van der Waals surface area contributed by atoms with Crippen LogP contribution in [0.1, 0.15) is 20.7 Å². The molecule has 0 saturated heterocycles. The summed E-state index contributed by atoms with van der Waals surface area (Å²) in [7, 11) is 1.82. The van der Waals surface area contributed by atoms with Gasteiger partial charge >= 0.3 is 0 Å². The maximum absolute atomic E-state index is 12.2. The molecule has 0 aliphatic rings. The van der Waals surface area contributed by atoms with Crippen molar-refractivity contribution < 1.29 is 9.59 Å². The summed E-state index contributed by atoms with van der Waals surface area (Å²) in [5.74, 6) is 0. The minimum atomic E-state index is -0.177. The van der Waals surface area contributed by atoms with Gasteiger partial charge in [0.1, 0.15) is 0 Å². The third kappa shape index (κ3) is 5.01. The van der Waals surface area contributed by atoms with Crippen molar-refractivity contribution in [3.05, 3.63) is 64.7 Å². The molecule has 0 atom stereocenters. The number of rotatable bonds is 2. The van der Waals surface area contributed by atoms with Crippen LogP contribution in [-0.4, -0.2) is 10.2 Å². The Morgan fingerprint density at radius 1 is 0.773 bits per heavy atom. The van der Waals surface area contributed by atoms with Crippen LogP contribution in [0.4, 0.5) is 0 Å². The summed E-state index contributed by atoms with van der Waals surface area (Å²) >= 11 is 15.8. The molecule has 114 valence electrons. The predicted molar refractivity (Wildman–Crippen MR) is 112 cm³/mol. The first kappa shape index (κ1) is 18.9. The van der Waals surface area contributed by atoms with Gasteiger partial charge in [-0.1, -0.05) is 23.2 Å². The second-order valence-corrected chi connectivity index (χ2v) is 9.26. The molecular formula is C14H6Cl2I2O2S2. The van der Waals surface area contributed by atoms with Crippen LogP contribution in [0.5, 0.6) is 0 Å². The molecule has 0 amide bonds. The molecule has 0 unspecified atom stereocenters. The monoisotopic (exact) mass is 594 g/mol. The second kappa shape index (κ2) is 8.57. The molecule has 0 spiro atoms. The first-order valence-corrected chi connectivity index (χ1v) is 10.8. The standard InChI is InChI=1S/C14H6Cl2I2O2S2/c15-7-1-3-9(11(17)5-7)13(19)21-22-14(20)10-4-2-8(16)6-12(10)18/h1-6H. The third-order valence-electron chi connectivity index (χ3n) is 2.50. The van der Waals surface area contributed by atoms with Gasteiger partial charge in [0, 0.05) is 28.3 Å². The van der Waals surface area contributed by atoms with Gasteiger partial charge in [-0.3, -0.25) is 9.59 Å². The van der Waals surface area contributed by atoms with E-state index in [2.05, 4.69) is 45.2 Å². The van der Waals surface area contributed by atoms with Crippen LogP contribution < -0.4 is 0 Å². The average molecular weight is 595 g/mol. The maximum Gasteiger partial charge on any atom is 0.231 e. The number of hydrogen-bond donors (Lipinski definition) is 0. The zero-order valence-corrected chi connectivity index (χ0v) is 18.1. The topological polar surface area (TPSA) is 34.1 Å². The SMILES string of the molecule is O=C(SSC(=O)c1ccc(Cl)cc1I)c1ccc(Cl)cc1I. The Kier molecular flexibility index (Phi) is 7.34. The van der Waals surface area contributed by atoms with Crippen LogP contribution in [0, 0.1) is 7.14 Å². The molecule has 2 nitrogen and oxygen atoms in total. The van der Waals surface area contributed by atoms with Crippen LogP contribution >= 0.6 is 90.0 Å². The summed E-state index contributed by atoms with van der Waals surface area (Å²) in [5.41, 5.74) is 1.09. The lowest BCUT2D eigenvalue weighted by Crippen LogP contribution is -1.99. The molecule has 0 bridgehead atoms. The smallest absolute Gasteiger partial charge is 0.231 e. The highest BCUT2D eigenvalue weighted by Gasteiger charge is 2.17. The van der Waals surface area contributed by atoms with Gasteiger partial charge in [0.05, 0.1) is 0 Å². The Morgan fingerprint density at radius 3 is 1.45 bits per heavy atom. The zero-order chi connectivity index (χ0) is 16.3. The summed E-state index contributed by atoms with van der Waals surface area (Å²) in [6.45, 7) is 0. The van der Waals surface area contributed by atoms with Crippen molar-refractivity contribution in [1.82, 2.24) is 0 Å². The summed E-state index contributed by atoms with van der Waals surface area (Å²) in [5, 5.41) is 0.794. The third-order valence-corrected chi connectivity index (χ3v) is 6.73. The Labute approximate surface area is 172 Å². The summed E-state index contributed by atoms with van der Waals surface area (Å²) in [4.78, 5) is 24.3. The van der Waals surface area contributed by atoms with Crippen molar-refractivity contribution in [3.8, 4) is 0 Å². The predicted octanol–water partition coefficient (Wildman–Crippen LogP) is 6.56. The van der Waals surface area contributed by atoms with Crippen LogP contribution in [0.2, 0.25) is 10.0 Å². The van der Waals surface area contributed by atoms with E-state index in [1.165, 1.54) is 0 Å². The molecule has 22 heavy (non-hydrogen) atoms. The lowest BCUT2D eigenvalue weighted by atomic mass is 10.2. The normalized spacial score (nSPS) is 10.5. The van der Waals surface area contributed by atoms with Crippen LogP contribution in [-0.2, 0) is 0 Å². The van der Waals surface area contributed by atoms with E-state index >= 15 is 0 Å². The van der Waals surface area contributed by atoms with E-state index in [1.807, 2.05) is 0 Å². The number of hydrogen-bond acceptors (Lipinski definition) is 4. The van der Waals surface area contributed by atoms with Gasteiger partial charge in [0.25, 0.3) is 0 Å².